The summed E-state index contributed by atoms with van der Waals surface area (Å²) in [5.74, 6) is 4.14. The van der Waals surface area contributed by atoms with E-state index >= 15 is 0 Å². The Hall–Kier alpha value is -1.27. The van der Waals surface area contributed by atoms with E-state index in [1.807, 2.05) is 0 Å². The van der Waals surface area contributed by atoms with Crippen LogP contribution in [0.15, 0.2) is 12.3 Å². The third kappa shape index (κ3) is 10.2. The van der Waals surface area contributed by atoms with Crippen molar-refractivity contribution in [2.75, 3.05) is 26.2 Å². The van der Waals surface area contributed by atoms with Crippen LogP contribution >= 0.6 is 0 Å². The summed E-state index contributed by atoms with van der Waals surface area (Å²) < 4.78 is 0. The maximum atomic E-state index is 13.2. The number of aliphatic hydroxyl groups is 6. The molecule has 0 unspecified atom stereocenters. The van der Waals surface area contributed by atoms with Gasteiger partial charge in [0.2, 0.25) is 5.91 Å². The van der Waals surface area contributed by atoms with Crippen molar-refractivity contribution < 1.29 is 35.4 Å². The summed E-state index contributed by atoms with van der Waals surface area (Å²) in [5, 5.41) is 75.1. The molecule has 8 aliphatic carbocycles. The number of nitrogens with one attached hydrogen (secondary N) is 2. The van der Waals surface area contributed by atoms with Crippen LogP contribution in [0.4, 0.5) is 0 Å². The first-order chi connectivity index (χ1) is 32.6. The smallest absolute Gasteiger partial charge is 0.220 e. The van der Waals surface area contributed by atoms with Crippen LogP contribution in [0, 0.1) is 92.7 Å². The van der Waals surface area contributed by atoms with Crippen LogP contribution in [0.2, 0.25) is 0 Å². The molecule has 8 fully saturated rings. The van der Waals surface area contributed by atoms with Gasteiger partial charge in [0.1, 0.15) is 0 Å². The van der Waals surface area contributed by atoms with Crippen LogP contribution < -0.4 is 10.6 Å². The number of hydrogen-bond acceptors (Lipinski definition) is 9. The number of nitrogens with zero attached hydrogens (tertiary/aromatic N) is 1. The third-order valence-electron chi connectivity index (χ3n) is 23.7. The quantitative estimate of drug-likeness (QED) is 0.0591. The van der Waals surface area contributed by atoms with E-state index in [0.29, 0.717) is 78.2 Å². The number of allylic oxidation sites excluding steroid dienone is 1. The van der Waals surface area contributed by atoms with Crippen molar-refractivity contribution in [2.24, 2.45) is 92.7 Å². The van der Waals surface area contributed by atoms with E-state index in [2.05, 4.69) is 77.5 Å². The maximum Gasteiger partial charge on any atom is 0.220 e. The fourth-order valence-electron chi connectivity index (χ4n) is 19.4. The van der Waals surface area contributed by atoms with E-state index in [0.717, 1.165) is 154 Å². The Labute approximate surface area is 419 Å². The molecule has 8 saturated carbocycles. The van der Waals surface area contributed by atoms with Gasteiger partial charge in [-0.3, -0.25) is 4.79 Å². The minimum Gasteiger partial charge on any atom is -0.393 e. The SMILES string of the molecule is C=C(CC[C@@H](C)[C@@H]1CC[C@H]2[C@@H]3[C@H](O)C[C@@H]4C[C@H](O)CC[C@]4(C)[C@H]3C[C@H](O)[C@@]21C)NCCCCN(CCCNC(=O)CC[C@@H](C)[C@H]1CC[C@H]2[C@@H]3[C@H](O)C[C@@H]4C[C@H](O)CC[C@]4(C)[C@H]3C[C@H](O)[C@]12C)C(C)C. The standard InChI is InChI=1S/C59H103N3O7/c1-35(2)62(28-12-26-61-53(69)20-14-37(4)44-17-19-46-55-48(34-52(68)59(44,46)9)57(7)24-22-42(64)30-40(57)32-50(55)66)27-11-10-25-60-38(5)15-13-36(3)43-16-18-45-54-47(33-51(67)58(43,45)8)56(6)23-21-41(63)29-39(56)31-49(54)65/h35-37,39-52,54-55,60,63-68H,5,10-34H2,1-4,6-9H3,(H,61,69)/t36-,37-,39+,40+,41-,42-,43+,44-,45+,46+,47+,48+,49-,50-,51+,52+,54+,55+,56+,57+,58-,59-/m1/s1. The molecule has 0 heterocycles. The van der Waals surface area contributed by atoms with Crippen LogP contribution in [0.3, 0.4) is 0 Å². The molecular formula is C59H103N3O7. The summed E-state index contributed by atoms with van der Waals surface area (Å²) in [5.41, 5.74) is 0.882. The molecule has 22 atom stereocenters. The topological polar surface area (TPSA) is 166 Å². The summed E-state index contributed by atoms with van der Waals surface area (Å²) in [4.78, 5) is 15.7. The average Bonchev–Trinajstić information content (AvgIpc) is 3.85. The minimum atomic E-state index is -0.399. The summed E-state index contributed by atoms with van der Waals surface area (Å²) in [7, 11) is 0. The van der Waals surface area contributed by atoms with Crippen molar-refractivity contribution in [1.82, 2.24) is 15.5 Å². The predicted octanol–water partition coefficient (Wildman–Crippen LogP) is 8.84. The van der Waals surface area contributed by atoms with E-state index in [4.69, 9.17) is 0 Å². The van der Waals surface area contributed by atoms with Gasteiger partial charge in [-0.15, -0.1) is 0 Å². The highest BCUT2D eigenvalue weighted by atomic mass is 16.3. The predicted molar refractivity (Wildman–Crippen MR) is 276 cm³/mol. The highest BCUT2D eigenvalue weighted by Gasteiger charge is 2.67. The molecule has 8 rings (SSSR count). The second-order valence-electron chi connectivity index (χ2n) is 27.2. The van der Waals surface area contributed by atoms with Crippen LogP contribution in [0.25, 0.3) is 0 Å². The van der Waals surface area contributed by atoms with Crippen molar-refractivity contribution in [3.05, 3.63) is 12.3 Å². The van der Waals surface area contributed by atoms with Crippen molar-refractivity contribution in [3.8, 4) is 0 Å². The molecule has 0 radical (unpaired) electrons. The number of carbonyl (C=O) groups is 1. The van der Waals surface area contributed by atoms with Gasteiger partial charge in [0.05, 0.1) is 36.6 Å². The maximum absolute atomic E-state index is 13.2. The molecule has 0 aromatic rings. The van der Waals surface area contributed by atoms with Gasteiger partial charge in [0.25, 0.3) is 0 Å². The zero-order chi connectivity index (χ0) is 49.8. The summed E-state index contributed by atoms with van der Waals surface area (Å²) in [6.07, 6.45) is 17.2. The lowest BCUT2D eigenvalue weighted by atomic mass is 9.43. The van der Waals surface area contributed by atoms with Gasteiger partial charge in [0, 0.05) is 37.8 Å². The Bertz CT molecular complexity index is 1750. The molecule has 1 amide bonds. The first kappa shape index (κ1) is 54.0. The van der Waals surface area contributed by atoms with Crippen molar-refractivity contribution in [1.29, 1.82) is 0 Å². The molecule has 69 heavy (non-hydrogen) atoms. The number of aliphatic hydroxyl groups excluding tert-OH is 6. The Morgan fingerprint density at radius 1 is 0.580 bits per heavy atom. The van der Waals surface area contributed by atoms with Gasteiger partial charge in [-0.2, -0.15) is 0 Å². The van der Waals surface area contributed by atoms with E-state index in [1.54, 1.807) is 0 Å². The van der Waals surface area contributed by atoms with Crippen molar-refractivity contribution >= 4 is 5.91 Å². The minimum absolute atomic E-state index is 0.0778. The first-order valence-electron chi connectivity index (χ1n) is 29.1. The molecular weight excluding hydrogens is 863 g/mol. The highest BCUT2D eigenvalue weighted by Crippen LogP contribution is 2.70. The molecule has 10 heteroatoms. The Balaban J connectivity index is 0.705. The van der Waals surface area contributed by atoms with Gasteiger partial charge >= 0.3 is 0 Å². The van der Waals surface area contributed by atoms with Gasteiger partial charge in [-0.05, 0) is 241 Å². The van der Waals surface area contributed by atoms with E-state index in [1.165, 1.54) is 0 Å². The van der Waals surface area contributed by atoms with Gasteiger partial charge in [-0.25, -0.2) is 0 Å². The molecule has 0 aromatic heterocycles. The Morgan fingerprint density at radius 2 is 1.04 bits per heavy atom. The average molecular weight is 966 g/mol. The van der Waals surface area contributed by atoms with Crippen LogP contribution in [-0.4, -0.2) is 110 Å². The fraction of sp³-hybridized carbons (Fsp3) is 0.949. The highest BCUT2D eigenvalue weighted by molar-refractivity contribution is 5.75. The summed E-state index contributed by atoms with van der Waals surface area (Å²) in [6.45, 7) is 26.7. The Morgan fingerprint density at radius 3 is 1.54 bits per heavy atom. The van der Waals surface area contributed by atoms with E-state index in [-0.39, 0.29) is 69.9 Å². The van der Waals surface area contributed by atoms with Gasteiger partial charge in [0.15, 0.2) is 0 Å². The zero-order valence-corrected chi connectivity index (χ0v) is 44.9. The second kappa shape index (κ2) is 21.5. The largest absolute Gasteiger partial charge is 0.393 e. The molecule has 0 bridgehead atoms. The lowest BCUT2D eigenvalue weighted by Crippen LogP contribution is -2.62. The third-order valence-corrected chi connectivity index (χ3v) is 23.7. The summed E-state index contributed by atoms with van der Waals surface area (Å²) in [6, 6.07) is 0.441. The number of carbonyl (C=O) groups excluding carboxylic acids is 1. The molecule has 396 valence electrons. The molecule has 0 aliphatic heterocycles. The number of fused-ring (bicyclic) bond motifs is 10. The summed E-state index contributed by atoms with van der Waals surface area (Å²) >= 11 is 0. The lowest BCUT2D eigenvalue weighted by Gasteiger charge is -2.63. The number of hydrogen-bond donors (Lipinski definition) is 8. The van der Waals surface area contributed by atoms with Crippen LogP contribution in [0.1, 0.15) is 190 Å². The monoisotopic (exact) mass is 966 g/mol. The number of rotatable bonds is 19. The molecule has 8 aliphatic rings. The first-order valence-corrected chi connectivity index (χ1v) is 29.1. The van der Waals surface area contributed by atoms with Crippen LogP contribution in [0.5, 0.6) is 0 Å². The van der Waals surface area contributed by atoms with Gasteiger partial charge in [-0.1, -0.05) is 48.1 Å². The zero-order valence-electron chi connectivity index (χ0n) is 44.9. The van der Waals surface area contributed by atoms with Gasteiger partial charge < -0.3 is 46.2 Å². The fourth-order valence-corrected chi connectivity index (χ4v) is 19.4. The number of amides is 1. The van der Waals surface area contributed by atoms with Crippen LogP contribution in [-0.2, 0) is 4.79 Å². The normalized spacial score (nSPS) is 46.7. The van der Waals surface area contributed by atoms with E-state index < -0.39 is 6.10 Å². The molecule has 0 spiro atoms. The van der Waals surface area contributed by atoms with E-state index in [9.17, 15) is 35.4 Å². The lowest BCUT2D eigenvalue weighted by molar-refractivity contribution is -0.207. The second-order valence-corrected chi connectivity index (χ2v) is 27.2. The number of unbranched alkanes of at least 4 members (excludes halogenated alkanes) is 1. The Kier molecular flexibility index (Phi) is 16.8. The molecule has 0 saturated heterocycles. The molecule has 8 N–H and O–H groups in total. The molecule has 0 aromatic carbocycles. The van der Waals surface area contributed by atoms with Crippen molar-refractivity contribution in [3.63, 3.8) is 0 Å². The molecule has 10 nitrogen and oxygen atoms in total. The van der Waals surface area contributed by atoms with Crippen molar-refractivity contribution in [2.45, 2.75) is 233 Å².